The number of rotatable bonds is 4. The SMILES string of the molecule is Cc1cc(CN2CCSCC2)ccc1NC(=O)C1CCNC1. The molecule has 4 nitrogen and oxygen atoms in total. The van der Waals surface area contributed by atoms with E-state index in [9.17, 15) is 4.79 Å². The second-order valence-corrected chi connectivity index (χ2v) is 7.44. The molecule has 0 saturated carbocycles. The molecule has 5 heteroatoms. The first-order chi connectivity index (χ1) is 10.7. The Hall–Kier alpha value is -1.04. The summed E-state index contributed by atoms with van der Waals surface area (Å²) >= 11 is 2.04. The number of nitrogens with zero attached hydrogens (tertiary/aromatic N) is 1. The molecular formula is C17H25N3OS. The van der Waals surface area contributed by atoms with Gasteiger partial charge in [0.15, 0.2) is 0 Å². The zero-order valence-corrected chi connectivity index (χ0v) is 14.0. The summed E-state index contributed by atoms with van der Waals surface area (Å²) in [6.45, 7) is 7.20. The van der Waals surface area contributed by atoms with Gasteiger partial charge in [-0.3, -0.25) is 9.69 Å². The molecule has 1 aromatic rings. The summed E-state index contributed by atoms with van der Waals surface area (Å²) in [6.07, 6.45) is 0.940. The molecule has 1 aromatic carbocycles. The molecule has 0 aliphatic carbocycles. The monoisotopic (exact) mass is 319 g/mol. The van der Waals surface area contributed by atoms with Crippen LogP contribution in [-0.2, 0) is 11.3 Å². The van der Waals surface area contributed by atoms with Crippen LogP contribution < -0.4 is 10.6 Å². The number of aryl methyl sites for hydroxylation is 1. The number of thioether (sulfide) groups is 1. The number of nitrogens with one attached hydrogen (secondary N) is 2. The number of hydrogen-bond donors (Lipinski definition) is 2. The molecule has 0 spiro atoms. The number of amides is 1. The first-order valence-corrected chi connectivity index (χ1v) is 9.29. The van der Waals surface area contributed by atoms with Gasteiger partial charge in [-0.25, -0.2) is 0 Å². The molecule has 3 rings (SSSR count). The van der Waals surface area contributed by atoms with Gasteiger partial charge in [-0.2, -0.15) is 11.8 Å². The van der Waals surface area contributed by atoms with E-state index in [1.54, 1.807) is 0 Å². The molecule has 120 valence electrons. The lowest BCUT2D eigenvalue weighted by Crippen LogP contribution is -2.32. The fourth-order valence-corrected chi connectivity index (χ4v) is 4.07. The second-order valence-electron chi connectivity index (χ2n) is 6.22. The lowest BCUT2D eigenvalue weighted by Gasteiger charge is -2.26. The highest BCUT2D eigenvalue weighted by Crippen LogP contribution is 2.20. The number of benzene rings is 1. The summed E-state index contributed by atoms with van der Waals surface area (Å²) in [4.78, 5) is 14.7. The quantitative estimate of drug-likeness (QED) is 0.892. The van der Waals surface area contributed by atoms with Crippen LogP contribution in [0.15, 0.2) is 18.2 Å². The Labute approximate surface area is 137 Å². The van der Waals surface area contributed by atoms with E-state index in [-0.39, 0.29) is 11.8 Å². The average Bonchev–Trinajstić information content (AvgIpc) is 3.05. The van der Waals surface area contributed by atoms with Crippen LogP contribution >= 0.6 is 11.8 Å². The molecule has 0 bridgehead atoms. The number of carbonyl (C=O) groups is 1. The Morgan fingerprint density at radius 2 is 2.23 bits per heavy atom. The van der Waals surface area contributed by atoms with Crippen molar-refractivity contribution < 1.29 is 4.79 Å². The molecule has 0 aromatic heterocycles. The highest BCUT2D eigenvalue weighted by molar-refractivity contribution is 7.99. The van der Waals surface area contributed by atoms with Gasteiger partial charge >= 0.3 is 0 Å². The molecule has 1 atom stereocenters. The standard InChI is InChI=1S/C17H25N3OS/c1-13-10-14(12-20-6-8-22-9-7-20)2-3-16(13)19-17(21)15-4-5-18-11-15/h2-3,10,15,18H,4-9,11-12H2,1H3,(H,19,21). The molecule has 2 N–H and O–H groups in total. The zero-order valence-electron chi connectivity index (χ0n) is 13.2. The molecular weight excluding hydrogens is 294 g/mol. The minimum atomic E-state index is 0.116. The van der Waals surface area contributed by atoms with Crippen LogP contribution in [0.25, 0.3) is 0 Å². The van der Waals surface area contributed by atoms with E-state index in [1.807, 2.05) is 11.8 Å². The molecule has 0 radical (unpaired) electrons. The van der Waals surface area contributed by atoms with Gasteiger partial charge in [-0.1, -0.05) is 12.1 Å². The maximum absolute atomic E-state index is 12.2. The van der Waals surface area contributed by atoms with E-state index in [1.165, 1.54) is 30.2 Å². The summed E-state index contributed by atoms with van der Waals surface area (Å²) in [5.41, 5.74) is 3.45. The van der Waals surface area contributed by atoms with E-state index in [0.717, 1.165) is 37.3 Å². The summed E-state index contributed by atoms with van der Waals surface area (Å²) in [5, 5.41) is 6.33. The highest BCUT2D eigenvalue weighted by atomic mass is 32.2. The van der Waals surface area contributed by atoms with Gasteiger partial charge in [0.2, 0.25) is 5.91 Å². The van der Waals surface area contributed by atoms with Crippen molar-refractivity contribution in [1.29, 1.82) is 0 Å². The molecule has 2 heterocycles. The number of anilines is 1. The van der Waals surface area contributed by atoms with Gasteiger partial charge in [-0.05, 0) is 37.1 Å². The third-order valence-corrected chi connectivity index (χ3v) is 5.43. The van der Waals surface area contributed by atoms with Crippen molar-refractivity contribution in [1.82, 2.24) is 10.2 Å². The second kappa shape index (κ2) is 7.49. The Balaban J connectivity index is 1.60. The number of carbonyl (C=O) groups excluding carboxylic acids is 1. The Bertz CT molecular complexity index is 523. The summed E-state index contributed by atoms with van der Waals surface area (Å²) in [6, 6.07) is 6.42. The van der Waals surface area contributed by atoms with Crippen molar-refractivity contribution in [3.05, 3.63) is 29.3 Å². The van der Waals surface area contributed by atoms with Gasteiger partial charge in [0.05, 0.1) is 5.92 Å². The van der Waals surface area contributed by atoms with Crippen LogP contribution in [-0.4, -0.2) is 48.5 Å². The summed E-state index contributed by atoms with van der Waals surface area (Å²) in [5.74, 6) is 2.74. The van der Waals surface area contributed by atoms with Crippen molar-refractivity contribution in [3.8, 4) is 0 Å². The minimum Gasteiger partial charge on any atom is -0.326 e. The predicted molar refractivity (Wildman–Crippen MR) is 93.4 cm³/mol. The van der Waals surface area contributed by atoms with Crippen LogP contribution in [0.4, 0.5) is 5.69 Å². The largest absolute Gasteiger partial charge is 0.326 e. The van der Waals surface area contributed by atoms with Gasteiger partial charge < -0.3 is 10.6 Å². The van der Waals surface area contributed by atoms with Gasteiger partial charge in [-0.15, -0.1) is 0 Å². The van der Waals surface area contributed by atoms with Crippen LogP contribution in [0.3, 0.4) is 0 Å². The zero-order chi connectivity index (χ0) is 15.4. The van der Waals surface area contributed by atoms with E-state index < -0.39 is 0 Å². The average molecular weight is 319 g/mol. The highest BCUT2D eigenvalue weighted by Gasteiger charge is 2.22. The van der Waals surface area contributed by atoms with Crippen molar-refractivity contribution in [2.45, 2.75) is 19.9 Å². The first kappa shape index (κ1) is 15.8. The van der Waals surface area contributed by atoms with E-state index in [2.05, 4.69) is 40.7 Å². The van der Waals surface area contributed by atoms with Gasteiger partial charge in [0.25, 0.3) is 0 Å². The minimum absolute atomic E-state index is 0.116. The fourth-order valence-electron chi connectivity index (χ4n) is 3.10. The Morgan fingerprint density at radius 3 is 2.91 bits per heavy atom. The van der Waals surface area contributed by atoms with Crippen LogP contribution in [0.2, 0.25) is 0 Å². The van der Waals surface area contributed by atoms with E-state index in [4.69, 9.17) is 0 Å². The van der Waals surface area contributed by atoms with Crippen molar-refractivity contribution in [2.75, 3.05) is 43.0 Å². The molecule has 2 aliphatic heterocycles. The van der Waals surface area contributed by atoms with Crippen LogP contribution in [0.1, 0.15) is 17.5 Å². The van der Waals surface area contributed by atoms with E-state index >= 15 is 0 Å². The maximum Gasteiger partial charge on any atom is 0.228 e. The summed E-state index contributed by atoms with van der Waals surface area (Å²) in [7, 11) is 0. The molecule has 1 unspecified atom stereocenters. The summed E-state index contributed by atoms with van der Waals surface area (Å²) < 4.78 is 0. The molecule has 2 fully saturated rings. The van der Waals surface area contributed by atoms with Crippen molar-refractivity contribution in [3.63, 3.8) is 0 Å². The van der Waals surface area contributed by atoms with Crippen molar-refractivity contribution in [2.24, 2.45) is 5.92 Å². The lowest BCUT2D eigenvalue weighted by molar-refractivity contribution is -0.119. The van der Waals surface area contributed by atoms with Crippen molar-refractivity contribution >= 4 is 23.4 Å². The van der Waals surface area contributed by atoms with Crippen LogP contribution in [0.5, 0.6) is 0 Å². The van der Waals surface area contributed by atoms with Crippen LogP contribution in [0, 0.1) is 12.8 Å². The topological polar surface area (TPSA) is 44.4 Å². The molecule has 22 heavy (non-hydrogen) atoms. The fraction of sp³-hybridized carbons (Fsp3) is 0.588. The molecule has 2 aliphatic rings. The number of hydrogen-bond acceptors (Lipinski definition) is 4. The first-order valence-electron chi connectivity index (χ1n) is 8.13. The Kier molecular flexibility index (Phi) is 5.39. The molecule has 1 amide bonds. The normalized spacial score (nSPS) is 22.7. The Morgan fingerprint density at radius 1 is 1.41 bits per heavy atom. The molecule has 2 saturated heterocycles. The predicted octanol–water partition coefficient (Wildman–Crippen LogP) is 2.09. The maximum atomic E-state index is 12.2. The smallest absolute Gasteiger partial charge is 0.228 e. The van der Waals surface area contributed by atoms with Gasteiger partial charge in [0, 0.05) is 43.4 Å². The van der Waals surface area contributed by atoms with Gasteiger partial charge in [0.1, 0.15) is 0 Å². The lowest BCUT2D eigenvalue weighted by atomic mass is 10.1. The third-order valence-electron chi connectivity index (χ3n) is 4.49. The third kappa shape index (κ3) is 4.03. The van der Waals surface area contributed by atoms with E-state index in [0.29, 0.717) is 0 Å².